The van der Waals surface area contributed by atoms with Crippen LogP contribution < -0.4 is 5.43 Å². The minimum atomic E-state index is -0.994. The fourth-order valence-corrected chi connectivity index (χ4v) is 3.49. The van der Waals surface area contributed by atoms with Gasteiger partial charge in [-0.25, -0.2) is 10.2 Å². The van der Waals surface area contributed by atoms with Crippen LogP contribution in [-0.4, -0.2) is 23.2 Å². The molecule has 0 unspecified atom stereocenters. The number of aromatic carboxylic acids is 1. The molecule has 0 bridgehead atoms. The Kier molecular flexibility index (Phi) is 4.59. The van der Waals surface area contributed by atoms with E-state index >= 15 is 0 Å². The van der Waals surface area contributed by atoms with E-state index in [4.69, 9.17) is 16.7 Å². The molecule has 1 aromatic heterocycles. The first-order valence-corrected chi connectivity index (χ1v) is 8.09. The SMILES string of the molecule is O=C(O)c1ccc(C=NNC(=O)c2sc3ccccc3c2Cl)cc1. The molecule has 1 amide bonds. The predicted octanol–water partition coefficient (Wildman–Crippen LogP) is 4.02. The number of halogens is 1. The molecule has 0 spiro atoms. The lowest BCUT2D eigenvalue weighted by Gasteiger charge is -1.98. The maximum Gasteiger partial charge on any atom is 0.335 e. The number of carboxylic acid groups (broad SMARTS) is 1. The van der Waals surface area contributed by atoms with Gasteiger partial charge in [0.1, 0.15) is 4.88 Å². The van der Waals surface area contributed by atoms with Crippen molar-refractivity contribution in [2.24, 2.45) is 5.10 Å². The van der Waals surface area contributed by atoms with Crippen molar-refractivity contribution < 1.29 is 14.7 Å². The van der Waals surface area contributed by atoms with Crippen LogP contribution in [-0.2, 0) is 0 Å². The number of nitrogens with zero attached hydrogens (tertiary/aromatic N) is 1. The lowest BCUT2D eigenvalue weighted by Crippen LogP contribution is -2.16. The molecule has 7 heteroatoms. The molecule has 0 aliphatic heterocycles. The van der Waals surface area contributed by atoms with Gasteiger partial charge in [-0.05, 0) is 23.8 Å². The summed E-state index contributed by atoms with van der Waals surface area (Å²) in [5, 5.41) is 14.0. The van der Waals surface area contributed by atoms with E-state index < -0.39 is 5.97 Å². The number of carbonyl (C=O) groups excluding carboxylic acids is 1. The Morgan fingerprint density at radius 2 is 1.83 bits per heavy atom. The molecule has 5 nitrogen and oxygen atoms in total. The van der Waals surface area contributed by atoms with E-state index in [1.165, 1.54) is 29.7 Å². The molecular weight excluding hydrogens is 348 g/mol. The van der Waals surface area contributed by atoms with Gasteiger partial charge in [-0.3, -0.25) is 4.79 Å². The summed E-state index contributed by atoms with van der Waals surface area (Å²) in [6.07, 6.45) is 1.44. The molecular formula is C17H11ClN2O3S. The number of rotatable bonds is 4. The highest BCUT2D eigenvalue weighted by molar-refractivity contribution is 7.21. The summed E-state index contributed by atoms with van der Waals surface area (Å²) in [5.41, 5.74) is 3.28. The van der Waals surface area contributed by atoms with Crippen molar-refractivity contribution in [3.05, 3.63) is 69.6 Å². The van der Waals surface area contributed by atoms with Crippen LogP contribution in [0, 0.1) is 0 Å². The number of thiophene rings is 1. The minimum absolute atomic E-state index is 0.188. The summed E-state index contributed by atoms with van der Waals surface area (Å²) in [5.74, 6) is -1.38. The lowest BCUT2D eigenvalue weighted by molar-refractivity contribution is 0.0696. The number of amides is 1. The smallest absolute Gasteiger partial charge is 0.335 e. The third-order valence-electron chi connectivity index (χ3n) is 3.28. The first-order valence-electron chi connectivity index (χ1n) is 6.90. The number of hydrogen-bond donors (Lipinski definition) is 2. The van der Waals surface area contributed by atoms with E-state index in [9.17, 15) is 9.59 Å². The number of hydrazone groups is 1. The summed E-state index contributed by atoms with van der Waals surface area (Å²) in [6, 6.07) is 13.6. The standard InChI is InChI=1S/C17H11ClN2O3S/c18-14-12-3-1-2-4-13(12)24-15(14)16(21)20-19-9-10-5-7-11(8-6-10)17(22)23/h1-9H,(H,20,21)(H,22,23). The number of hydrogen-bond acceptors (Lipinski definition) is 4. The van der Waals surface area contributed by atoms with Gasteiger partial charge in [0.15, 0.2) is 0 Å². The van der Waals surface area contributed by atoms with E-state index in [1.807, 2.05) is 24.3 Å². The van der Waals surface area contributed by atoms with E-state index in [1.54, 1.807) is 12.1 Å². The van der Waals surface area contributed by atoms with E-state index in [2.05, 4.69) is 10.5 Å². The molecule has 3 rings (SSSR count). The first-order chi connectivity index (χ1) is 11.6. The van der Waals surface area contributed by atoms with Crippen LogP contribution in [0.5, 0.6) is 0 Å². The number of carboxylic acids is 1. The van der Waals surface area contributed by atoms with Gasteiger partial charge < -0.3 is 5.11 Å². The topological polar surface area (TPSA) is 78.8 Å². The molecule has 24 heavy (non-hydrogen) atoms. The van der Waals surface area contributed by atoms with Crippen molar-refractivity contribution >= 4 is 51.1 Å². The third kappa shape index (κ3) is 3.29. The second-order valence-electron chi connectivity index (χ2n) is 4.87. The molecule has 0 saturated heterocycles. The van der Waals surface area contributed by atoms with Crippen LogP contribution in [0.4, 0.5) is 0 Å². The van der Waals surface area contributed by atoms with Gasteiger partial charge in [0, 0.05) is 10.1 Å². The van der Waals surface area contributed by atoms with Crippen molar-refractivity contribution in [3.63, 3.8) is 0 Å². The van der Waals surface area contributed by atoms with Crippen molar-refractivity contribution in [3.8, 4) is 0 Å². The Hall–Kier alpha value is -2.70. The molecule has 120 valence electrons. The number of benzene rings is 2. The Morgan fingerprint density at radius 1 is 1.12 bits per heavy atom. The zero-order valence-corrected chi connectivity index (χ0v) is 13.8. The molecule has 0 aliphatic rings. The molecule has 3 aromatic rings. The minimum Gasteiger partial charge on any atom is -0.478 e. The highest BCUT2D eigenvalue weighted by Gasteiger charge is 2.16. The normalized spacial score (nSPS) is 11.0. The quantitative estimate of drug-likeness (QED) is 0.546. The average Bonchev–Trinajstić information content (AvgIpc) is 2.93. The van der Waals surface area contributed by atoms with E-state index in [0.717, 1.165) is 10.1 Å². The van der Waals surface area contributed by atoms with Gasteiger partial charge in [-0.2, -0.15) is 5.10 Å². The second kappa shape index (κ2) is 6.82. The molecule has 2 aromatic carbocycles. The Balaban J connectivity index is 1.72. The molecule has 2 N–H and O–H groups in total. The number of nitrogens with one attached hydrogen (secondary N) is 1. The van der Waals surface area contributed by atoms with Crippen molar-refractivity contribution in [2.75, 3.05) is 0 Å². The largest absolute Gasteiger partial charge is 0.478 e. The van der Waals surface area contributed by atoms with Crippen LogP contribution in [0.3, 0.4) is 0 Å². The molecule has 1 heterocycles. The van der Waals surface area contributed by atoms with Crippen molar-refractivity contribution in [1.82, 2.24) is 5.43 Å². The van der Waals surface area contributed by atoms with Gasteiger partial charge in [-0.1, -0.05) is 41.9 Å². The zero-order valence-electron chi connectivity index (χ0n) is 12.2. The molecule has 0 fully saturated rings. The average molecular weight is 359 g/mol. The van der Waals surface area contributed by atoms with Gasteiger partial charge in [0.2, 0.25) is 0 Å². The summed E-state index contributed by atoms with van der Waals surface area (Å²) >= 11 is 7.54. The highest BCUT2D eigenvalue weighted by Crippen LogP contribution is 2.34. The van der Waals surface area contributed by atoms with Crippen molar-refractivity contribution in [2.45, 2.75) is 0 Å². The van der Waals surface area contributed by atoms with Crippen molar-refractivity contribution in [1.29, 1.82) is 0 Å². The summed E-state index contributed by atoms with van der Waals surface area (Å²) in [6.45, 7) is 0. The monoisotopic (exact) mass is 358 g/mol. The lowest BCUT2D eigenvalue weighted by atomic mass is 10.1. The number of carbonyl (C=O) groups is 2. The maximum absolute atomic E-state index is 12.2. The van der Waals surface area contributed by atoms with E-state index in [0.29, 0.717) is 15.5 Å². The third-order valence-corrected chi connectivity index (χ3v) is 4.95. The molecule has 0 atom stereocenters. The highest BCUT2D eigenvalue weighted by atomic mass is 35.5. The van der Waals surface area contributed by atoms with Crippen LogP contribution in [0.1, 0.15) is 25.6 Å². The zero-order chi connectivity index (χ0) is 17.1. The van der Waals surface area contributed by atoms with Crippen LogP contribution in [0.25, 0.3) is 10.1 Å². The Morgan fingerprint density at radius 3 is 2.50 bits per heavy atom. The maximum atomic E-state index is 12.2. The fraction of sp³-hybridized carbons (Fsp3) is 0. The van der Waals surface area contributed by atoms with Crippen LogP contribution >= 0.6 is 22.9 Å². The Bertz CT molecular complexity index is 948. The van der Waals surface area contributed by atoms with Crippen LogP contribution in [0.15, 0.2) is 53.6 Å². The van der Waals surface area contributed by atoms with E-state index in [-0.39, 0.29) is 11.5 Å². The van der Waals surface area contributed by atoms with Gasteiger partial charge >= 0.3 is 5.97 Å². The molecule has 0 aliphatic carbocycles. The second-order valence-corrected chi connectivity index (χ2v) is 6.30. The fourth-order valence-electron chi connectivity index (χ4n) is 2.09. The van der Waals surface area contributed by atoms with Gasteiger partial charge in [-0.15, -0.1) is 11.3 Å². The summed E-state index contributed by atoms with van der Waals surface area (Å²) in [7, 11) is 0. The van der Waals surface area contributed by atoms with Gasteiger partial charge in [0.25, 0.3) is 5.91 Å². The molecule has 0 saturated carbocycles. The summed E-state index contributed by atoms with van der Waals surface area (Å²) < 4.78 is 0.931. The molecule has 0 radical (unpaired) electrons. The summed E-state index contributed by atoms with van der Waals surface area (Å²) in [4.78, 5) is 23.4. The van der Waals surface area contributed by atoms with Crippen LogP contribution in [0.2, 0.25) is 5.02 Å². The first kappa shape index (κ1) is 16.2. The van der Waals surface area contributed by atoms with Gasteiger partial charge in [0.05, 0.1) is 16.8 Å². The number of fused-ring (bicyclic) bond motifs is 1. The Labute approximate surface area is 146 Å². The predicted molar refractivity (Wildman–Crippen MR) is 95.3 cm³/mol.